The van der Waals surface area contributed by atoms with Gasteiger partial charge in [0.2, 0.25) is 0 Å². The number of fused-ring (bicyclic) bond motifs is 2. The number of amides is 1. The van der Waals surface area contributed by atoms with E-state index < -0.39 is 0 Å². The quantitative estimate of drug-likeness (QED) is 0.241. The fourth-order valence-corrected chi connectivity index (χ4v) is 6.77. The number of benzene rings is 3. The number of methoxy groups -OCH3 is 1. The van der Waals surface area contributed by atoms with Crippen LogP contribution in [-0.2, 0) is 31.3 Å². The number of carbonyl (C=O) groups excluding carboxylic acids is 1. The van der Waals surface area contributed by atoms with Crippen LogP contribution in [0.2, 0.25) is 5.02 Å². The molecule has 47 heavy (non-hydrogen) atoms. The van der Waals surface area contributed by atoms with Crippen LogP contribution in [0, 0.1) is 6.92 Å². The van der Waals surface area contributed by atoms with Crippen LogP contribution in [0.1, 0.15) is 33.1 Å². The molecule has 10 nitrogen and oxygen atoms in total. The average Bonchev–Trinajstić information content (AvgIpc) is 3.37. The van der Waals surface area contributed by atoms with E-state index in [2.05, 4.69) is 27.6 Å². The number of nitrogens with zero attached hydrogens (tertiary/aromatic N) is 4. The lowest BCUT2D eigenvalue weighted by molar-refractivity contribution is -0.00584. The van der Waals surface area contributed by atoms with Crippen molar-refractivity contribution in [3.05, 3.63) is 105 Å². The monoisotopic (exact) mass is 652 g/mol. The lowest BCUT2D eigenvalue weighted by atomic mass is 9.98. The maximum absolute atomic E-state index is 13.9. The summed E-state index contributed by atoms with van der Waals surface area (Å²) in [6, 6.07) is 17.5. The number of ether oxygens (including phenoxy) is 2. The van der Waals surface area contributed by atoms with Crippen molar-refractivity contribution in [1.29, 1.82) is 0 Å². The number of likely N-dealkylation sites (N-methyl/N-ethyl adjacent to an activating group) is 1. The minimum atomic E-state index is -0.316. The Bertz CT molecular complexity index is 2080. The Morgan fingerprint density at radius 3 is 2.66 bits per heavy atom. The van der Waals surface area contributed by atoms with Crippen molar-refractivity contribution < 1.29 is 14.3 Å². The normalized spacial score (nSPS) is 15.0. The molecular formula is C36H37ClN6O4. The third-order valence-corrected chi connectivity index (χ3v) is 9.68. The zero-order valence-electron chi connectivity index (χ0n) is 26.9. The number of carbonyl (C=O) groups is 1. The molecule has 2 aliphatic rings. The molecule has 0 aliphatic carbocycles. The molecule has 1 fully saturated rings. The van der Waals surface area contributed by atoms with Crippen LogP contribution in [0.3, 0.4) is 0 Å². The van der Waals surface area contributed by atoms with Crippen LogP contribution in [0.4, 0.5) is 5.69 Å². The average molecular weight is 653 g/mol. The van der Waals surface area contributed by atoms with Crippen LogP contribution in [0.5, 0.6) is 5.75 Å². The topological polar surface area (TPSA) is 103 Å². The Kier molecular flexibility index (Phi) is 8.36. The maximum atomic E-state index is 13.9. The Balaban J connectivity index is 1.20. The van der Waals surface area contributed by atoms with Gasteiger partial charge in [-0.2, -0.15) is 0 Å². The molecule has 0 spiro atoms. The Labute approximate surface area is 277 Å². The minimum Gasteiger partial charge on any atom is -0.496 e. The molecule has 2 aliphatic heterocycles. The highest BCUT2D eigenvalue weighted by Gasteiger charge is 2.25. The lowest BCUT2D eigenvalue weighted by Gasteiger charge is -2.27. The summed E-state index contributed by atoms with van der Waals surface area (Å²) in [7, 11) is 5.55. The number of rotatable bonds is 8. The number of aromatic nitrogens is 3. The van der Waals surface area contributed by atoms with E-state index in [1.54, 1.807) is 17.7 Å². The van der Waals surface area contributed by atoms with E-state index in [9.17, 15) is 9.59 Å². The predicted octanol–water partition coefficient (Wildman–Crippen LogP) is 5.09. The highest BCUT2D eigenvalue weighted by atomic mass is 35.5. The zero-order valence-corrected chi connectivity index (χ0v) is 27.6. The van der Waals surface area contributed by atoms with Crippen molar-refractivity contribution in [1.82, 2.24) is 24.3 Å². The van der Waals surface area contributed by atoms with Crippen molar-refractivity contribution in [2.75, 3.05) is 39.2 Å². The first-order valence-corrected chi connectivity index (χ1v) is 16.1. The third kappa shape index (κ3) is 5.72. The highest BCUT2D eigenvalue weighted by molar-refractivity contribution is 6.36. The first kappa shape index (κ1) is 31.1. The molecule has 5 aromatic rings. The summed E-state index contributed by atoms with van der Waals surface area (Å²) in [6.07, 6.45) is 2.65. The first-order chi connectivity index (χ1) is 22.7. The standard InChI is InChI=1S/C36H37ClN6O4/c1-21-25(26-8-5-9-28(33(26)37)40-35(44)34-39-29-18-41(2)13-12-31(29)42(34)3)7-6-10-30(21)43-14-11-22-15-23(17-38-24-19-47-20-24)32(46-4)16-27(22)36(43)45/h5-11,14-16,24,38H,12-13,17-20H2,1-4H3,(H,40,44). The number of hydrogen-bond donors (Lipinski definition) is 2. The molecule has 1 amide bonds. The van der Waals surface area contributed by atoms with Crippen molar-refractivity contribution in [2.45, 2.75) is 32.5 Å². The first-order valence-electron chi connectivity index (χ1n) is 15.7. The number of imidazole rings is 1. The van der Waals surface area contributed by atoms with Gasteiger partial charge in [0.25, 0.3) is 11.5 Å². The fourth-order valence-electron chi connectivity index (χ4n) is 6.50. The number of pyridine rings is 1. The summed E-state index contributed by atoms with van der Waals surface area (Å²) in [5.74, 6) is 0.700. The molecule has 242 valence electrons. The van der Waals surface area contributed by atoms with E-state index >= 15 is 0 Å². The smallest absolute Gasteiger partial charge is 0.291 e. The van der Waals surface area contributed by atoms with Gasteiger partial charge >= 0.3 is 0 Å². The van der Waals surface area contributed by atoms with Gasteiger partial charge in [0, 0.05) is 56.1 Å². The molecule has 0 unspecified atom stereocenters. The van der Waals surface area contributed by atoms with Crippen LogP contribution >= 0.6 is 11.6 Å². The highest BCUT2D eigenvalue weighted by Crippen LogP contribution is 2.37. The van der Waals surface area contributed by atoms with E-state index in [4.69, 9.17) is 21.1 Å². The molecular weight excluding hydrogens is 616 g/mol. The summed E-state index contributed by atoms with van der Waals surface area (Å²) < 4.78 is 14.5. The molecule has 7 rings (SSSR count). The van der Waals surface area contributed by atoms with Crippen LogP contribution in [0.15, 0.2) is 65.6 Å². The molecule has 0 bridgehead atoms. The summed E-state index contributed by atoms with van der Waals surface area (Å²) >= 11 is 6.98. The third-order valence-electron chi connectivity index (χ3n) is 9.28. The van der Waals surface area contributed by atoms with Gasteiger partial charge in [0.15, 0.2) is 5.82 Å². The van der Waals surface area contributed by atoms with Crippen LogP contribution < -0.4 is 20.9 Å². The molecule has 0 saturated carbocycles. The van der Waals surface area contributed by atoms with Gasteiger partial charge in [-0.15, -0.1) is 0 Å². The van der Waals surface area contributed by atoms with Gasteiger partial charge in [-0.1, -0.05) is 35.9 Å². The number of hydrogen-bond acceptors (Lipinski definition) is 7. The van der Waals surface area contributed by atoms with Crippen molar-refractivity contribution in [3.8, 4) is 22.6 Å². The second-order valence-corrected chi connectivity index (χ2v) is 12.7. The predicted molar refractivity (Wildman–Crippen MR) is 184 cm³/mol. The van der Waals surface area contributed by atoms with Gasteiger partial charge in [-0.3, -0.25) is 14.2 Å². The molecule has 11 heteroatoms. The summed E-state index contributed by atoms with van der Waals surface area (Å²) in [5.41, 5.74) is 6.54. The molecule has 4 heterocycles. The second kappa shape index (κ2) is 12.6. The minimum absolute atomic E-state index is 0.149. The maximum Gasteiger partial charge on any atom is 0.291 e. The SMILES string of the molecule is COc1cc2c(=O)n(-c3cccc(-c4cccc(NC(=O)c5nc6c(n5C)CCN(C)C6)c4Cl)c3C)ccc2cc1CNC1COC1. The number of anilines is 1. The van der Waals surface area contributed by atoms with Gasteiger partial charge < -0.3 is 29.6 Å². The van der Waals surface area contributed by atoms with Gasteiger partial charge in [0.1, 0.15) is 5.75 Å². The van der Waals surface area contributed by atoms with Gasteiger partial charge in [-0.25, -0.2) is 4.98 Å². The fraction of sp³-hybridized carbons (Fsp3) is 0.306. The molecule has 0 radical (unpaired) electrons. The van der Waals surface area contributed by atoms with E-state index in [0.717, 1.165) is 57.7 Å². The summed E-state index contributed by atoms with van der Waals surface area (Å²) in [5, 5.41) is 8.27. The van der Waals surface area contributed by atoms with E-state index in [-0.39, 0.29) is 11.5 Å². The van der Waals surface area contributed by atoms with E-state index in [1.807, 2.05) is 73.3 Å². The Hall–Kier alpha value is -4.48. The van der Waals surface area contributed by atoms with Crippen LogP contribution in [0.25, 0.3) is 27.6 Å². The van der Waals surface area contributed by atoms with Crippen molar-refractivity contribution in [2.24, 2.45) is 7.05 Å². The Morgan fingerprint density at radius 1 is 1.11 bits per heavy atom. The largest absolute Gasteiger partial charge is 0.496 e. The van der Waals surface area contributed by atoms with Gasteiger partial charge in [-0.05, 0) is 60.8 Å². The van der Waals surface area contributed by atoms with Crippen molar-refractivity contribution in [3.63, 3.8) is 0 Å². The molecule has 2 aromatic heterocycles. The number of halogens is 1. The molecule has 1 saturated heterocycles. The van der Waals surface area contributed by atoms with Crippen LogP contribution in [-0.4, -0.2) is 64.9 Å². The summed E-state index contributed by atoms with van der Waals surface area (Å²) in [6.45, 7) is 5.64. The van der Waals surface area contributed by atoms with Crippen molar-refractivity contribution >= 4 is 34.0 Å². The molecule has 0 atom stereocenters. The van der Waals surface area contributed by atoms with E-state index in [1.165, 1.54) is 0 Å². The molecule has 3 aromatic carbocycles. The van der Waals surface area contributed by atoms with Gasteiger partial charge in [0.05, 0.1) is 53.8 Å². The molecule has 2 N–H and O–H groups in total. The van der Waals surface area contributed by atoms with E-state index in [0.29, 0.717) is 60.0 Å². The summed E-state index contributed by atoms with van der Waals surface area (Å²) in [4.78, 5) is 34.2. The lowest BCUT2D eigenvalue weighted by Crippen LogP contribution is -2.45. The zero-order chi connectivity index (χ0) is 32.8. The number of nitrogens with one attached hydrogen (secondary N) is 2. The second-order valence-electron chi connectivity index (χ2n) is 12.3. The Morgan fingerprint density at radius 2 is 1.89 bits per heavy atom.